The van der Waals surface area contributed by atoms with E-state index in [-0.39, 0.29) is 0 Å². The van der Waals surface area contributed by atoms with Gasteiger partial charge in [-0.2, -0.15) is 0 Å². The monoisotopic (exact) mass is 170 g/mol. The molecule has 0 aliphatic carbocycles. The molecule has 2 heteroatoms. The molecule has 2 N–H and O–H groups in total. The summed E-state index contributed by atoms with van der Waals surface area (Å²) in [5.41, 5.74) is 5.76. The highest BCUT2D eigenvalue weighted by Crippen LogP contribution is 2.21. The molecule has 1 aliphatic heterocycles. The van der Waals surface area contributed by atoms with E-state index < -0.39 is 0 Å². The summed E-state index contributed by atoms with van der Waals surface area (Å²) < 4.78 is 0. The molecule has 3 atom stereocenters. The zero-order chi connectivity index (χ0) is 9.14. The molecule has 1 aliphatic rings. The number of rotatable bonds is 2. The maximum Gasteiger partial charge on any atom is 0.0139 e. The lowest BCUT2D eigenvalue weighted by molar-refractivity contribution is 0.134. The molecule has 72 valence electrons. The third-order valence-corrected chi connectivity index (χ3v) is 2.96. The lowest BCUT2D eigenvalue weighted by Crippen LogP contribution is -2.43. The van der Waals surface area contributed by atoms with Gasteiger partial charge in [-0.15, -0.1) is 0 Å². The highest BCUT2D eigenvalue weighted by Gasteiger charge is 2.22. The van der Waals surface area contributed by atoms with Crippen LogP contribution in [0.25, 0.3) is 0 Å². The van der Waals surface area contributed by atoms with Crippen molar-refractivity contribution in [2.24, 2.45) is 17.6 Å². The van der Waals surface area contributed by atoms with Gasteiger partial charge < -0.3 is 10.6 Å². The van der Waals surface area contributed by atoms with Crippen molar-refractivity contribution in [1.29, 1.82) is 0 Å². The van der Waals surface area contributed by atoms with Crippen LogP contribution >= 0.6 is 0 Å². The Labute approximate surface area is 76.1 Å². The predicted molar refractivity (Wildman–Crippen MR) is 53.0 cm³/mol. The van der Waals surface area contributed by atoms with E-state index in [4.69, 9.17) is 5.73 Å². The van der Waals surface area contributed by atoms with E-state index in [0.717, 1.165) is 18.4 Å². The molecule has 0 aromatic rings. The summed E-state index contributed by atoms with van der Waals surface area (Å²) in [6, 6.07) is 0.325. The van der Waals surface area contributed by atoms with Crippen LogP contribution in [0.2, 0.25) is 0 Å². The first-order chi connectivity index (χ1) is 5.59. The van der Waals surface area contributed by atoms with Crippen molar-refractivity contribution in [3.05, 3.63) is 0 Å². The van der Waals surface area contributed by atoms with E-state index in [1.54, 1.807) is 0 Å². The molecule has 0 aromatic carbocycles. The van der Waals surface area contributed by atoms with E-state index in [1.165, 1.54) is 19.5 Å². The first-order valence-electron chi connectivity index (χ1n) is 5.07. The molecule has 0 radical (unpaired) electrons. The maximum absolute atomic E-state index is 5.76. The summed E-state index contributed by atoms with van der Waals surface area (Å²) in [7, 11) is 0. The normalized spacial score (nSPS) is 35.0. The van der Waals surface area contributed by atoms with Crippen molar-refractivity contribution >= 4 is 0 Å². The number of hydrogen-bond donors (Lipinski definition) is 1. The van der Waals surface area contributed by atoms with Gasteiger partial charge in [0.05, 0.1) is 0 Å². The van der Waals surface area contributed by atoms with Crippen molar-refractivity contribution in [1.82, 2.24) is 4.90 Å². The summed E-state index contributed by atoms with van der Waals surface area (Å²) >= 11 is 0. The summed E-state index contributed by atoms with van der Waals surface area (Å²) in [5.74, 6) is 1.74. The fourth-order valence-corrected chi connectivity index (χ4v) is 1.92. The minimum Gasteiger partial charge on any atom is -0.327 e. The number of likely N-dealkylation sites (tertiary alicyclic amines) is 1. The molecule has 12 heavy (non-hydrogen) atoms. The standard InChI is InChI=1S/C10H22N2/c1-8-4-5-12(6-9(8)2)7-10(3)11/h8-10H,4-7,11H2,1-3H3/t8?,9?,10-/m0/s1. The SMILES string of the molecule is CC1CCN(C[C@H](C)N)CC1C. The number of piperidine rings is 1. The van der Waals surface area contributed by atoms with Gasteiger partial charge >= 0.3 is 0 Å². The van der Waals surface area contributed by atoms with Crippen LogP contribution in [0.15, 0.2) is 0 Å². The van der Waals surface area contributed by atoms with E-state index in [9.17, 15) is 0 Å². The smallest absolute Gasteiger partial charge is 0.0139 e. The van der Waals surface area contributed by atoms with Gasteiger partial charge in [0.15, 0.2) is 0 Å². The summed E-state index contributed by atoms with van der Waals surface area (Å²) in [4.78, 5) is 2.50. The molecule has 2 unspecified atom stereocenters. The molecular formula is C10H22N2. The molecule has 0 saturated carbocycles. The lowest BCUT2D eigenvalue weighted by Gasteiger charge is -2.36. The third-order valence-electron chi connectivity index (χ3n) is 2.96. The van der Waals surface area contributed by atoms with E-state index >= 15 is 0 Å². The molecule has 1 rings (SSSR count). The Balaban J connectivity index is 2.30. The van der Waals surface area contributed by atoms with Gasteiger partial charge in [0.2, 0.25) is 0 Å². The van der Waals surface area contributed by atoms with Crippen LogP contribution in [0.3, 0.4) is 0 Å². The van der Waals surface area contributed by atoms with Gasteiger partial charge in [-0.25, -0.2) is 0 Å². The zero-order valence-electron chi connectivity index (χ0n) is 8.59. The second kappa shape index (κ2) is 4.24. The highest BCUT2D eigenvalue weighted by atomic mass is 15.1. The predicted octanol–water partition coefficient (Wildman–Crippen LogP) is 1.31. The van der Waals surface area contributed by atoms with Crippen LogP contribution in [-0.4, -0.2) is 30.6 Å². The molecule has 1 heterocycles. The summed E-state index contributed by atoms with van der Waals surface area (Å²) in [6.45, 7) is 10.3. The Morgan fingerprint density at radius 3 is 2.58 bits per heavy atom. The van der Waals surface area contributed by atoms with Crippen LogP contribution in [-0.2, 0) is 0 Å². The molecule has 0 spiro atoms. The molecule has 1 saturated heterocycles. The minimum absolute atomic E-state index is 0.325. The van der Waals surface area contributed by atoms with Crippen LogP contribution in [0.4, 0.5) is 0 Å². The summed E-state index contributed by atoms with van der Waals surface area (Å²) in [5, 5.41) is 0. The Bertz CT molecular complexity index is 134. The van der Waals surface area contributed by atoms with E-state index in [2.05, 4.69) is 25.7 Å². The fraction of sp³-hybridized carbons (Fsp3) is 1.00. The Hall–Kier alpha value is -0.0800. The maximum atomic E-state index is 5.76. The van der Waals surface area contributed by atoms with Gasteiger partial charge in [-0.3, -0.25) is 0 Å². The van der Waals surface area contributed by atoms with Crippen LogP contribution in [0.5, 0.6) is 0 Å². The van der Waals surface area contributed by atoms with E-state index in [1.807, 2.05) is 0 Å². The lowest BCUT2D eigenvalue weighted by atomic mass is 9.88. The largest absolute Gasteiger partial charge is 0.327 e. The Morgan fingerprint density at radius 2 is 2.08 bits per heavy atom. The third kappa shape index (κ3) is 2.76. The first-order valence-corrected chi connectivity index (χ1v) is 5.07. The van der Waals surface area contributed by atoms with Crippen molar-refractivity contribution in [3.63, 3.8) is 0 Å². The minimum atomic E-state index is 0.325. The number of nitrogens with two attached hydrogens (primary N) is 1. The average Bonchev–Trinajstić information content (AvgIpc) is 1.96. The zero-order valence-corrected chi connectivity index (χ0v) is 8.59. The molecule has 2 nitrogen and oxygen atoms in total. The van der Waals surface area contributed by atoms with Crippen LogP contribution in [0, 0.1) is 11.8 Å². The van der Waals surface area contributed by atoms with Gasteiger partial charge in [0.25, 0.3) is 0 Å². The highest BCUT2D eigenvalue weighted by molar-refractivity contribution is 4.76. The van der Waals surface area contributed by atoms with Crippen molar-refractivity contribution in [2.45, 2.75) is 33.2 Å². The quantitative estimate of drug-likeness (QED) is 0.677. The van der Waals surface area contributed by atoms with Crippen LogP contribution < -0.4 is 5.73 Å². The first kappa shape index (κ1) is 10.0. The second-order valence-corrected chi connectivity index (χ2v) is 4.48. The van der Waals surface area contributed by atoms with Crippen LogP contribution in [0.1, 0.15) is 27.2 Å². The van der Waals surface area contributed by atoms with Gasteiger partial charge in [-0.1, -0.05) is 13.8 Å². The summed E-state index contributed by atoms with van der Waals surface area (Å²) in [6.07, 6.45) is 1.34. The average molecular weight is 170 g/mol. The molecule has 0 bridgehead atoms. The molecule has 1 fully saturated rings. The van der Waals surface area contributed by atoms with Crippen molar-refractivity contribution in [3.8, 4) is 0 Å². The topological polar surface area (TPSA) is 29.3 Å². The second-order valence-electron chi connectivity index (χ2n) is 4.48. The van der Waals surface area contributed by atoms with Gasteiger partial charge in [0, 0.05) is 19.1 Å². The van der Waals surface area contributed by atoms with Gasteiger partial charge in [-0.05, 0) is 31.7 Å². The van der Waals surface area contributed by atoms with E-state index in [0.29, 0.717) is 6.04 Å². The fourth-order valence-electron chi connectivity index (χ4n) is 1.92. The molecule has 0 amide bonds. The van der Waals surface area contributed by atoms with Gasteiger partial charge in [0.1, 0.15) is 0 Å². The Morgan fingerprint density at radius 1 is 1.42 bits per heavy atom. The number of nitrogens with zero attached hydrogens (tertiary/aromatic N) is 1. The van der Waals surface area contributed by atoms with Crippen molar-refractivity contribution in [2.75, 3.05) is 19.6 Å². The van der Waals surface area contributed by atoms with Crippen molar-refractivity contribution < 1.29 is 0 Å². The molecular weight excluding hydrogens is 148 g/mol. The number of hydrogen-bond acceptors (Lipinski definition) is 2. The molecule has 0 aromatic heterocycles. The Kier molecular flexibility index (Phi) is 3.53.